The number of nitrogens with one attached hydrogen (secondary N) is 1. The fourth-order valence-corrected chi connectivity index (χ4v) is 3.68. The zero-order valence-corrected chi connectivity index (χ0v) is 9.96. The lowest BCUT2D eigenvalue weighted by molar-refractivity contribution is -0.146. The Hall–Kier alpha value is -0.710. The fraction of sp³-hybridized carbons (Fsp3) is 0.818. The quantitative estimate of drug-likeness (QED) is 0.779. The molecule has 1 aliphatic carbocycles. The van der Waals surface area contributed by atoms with Crippen molar-refractivity contribution in [3.63, 3.8) is 0 Å². The molecule has 1 heterocycles. The third-order valence-electron chi connectivity index (χ3n) is 3.45. The highest BCUT2D eigenvalue weighted by atomic mass is 32.2. The molecule has 2 fully saturated rings. The zero-order valence-electron chi connectivity index (χ0n) is 9.15. The third kappa shape index (κ3) is 2.51. The summed E-state index contributed by atoms with van der Waals surface area (Å²) in [6.45, 7) is 0. The van der Waals surface area contributed by atoms with E-state index in [0.29, 0.717) is 6.42 Å². The molecule has 0 spiro atoms. The number of hydrogen-bond acceptors (Lipinski definition) is 3. The second kappa shape index (κ2) is 5.08. The molecule has 1 amide bonds. The van der Waals surface area contributed by atoms with Gasteiger partial charge in [-0.15, -0.1) is 0 Å². The number of carbonyl (C=O) groups excluding carboxylic acids is 1. The minimum Gasteiger partial charge on any atom is -0.481 e. The van der Waals surface area contributed by atoms with Gasteiger partial charge in [0.2, 0.25) is 5.91 Å². The van der Waals surface area contributed by atoms with E-state index < -0.39 is 11.9 Å². The minimum absolute atomic E-state index is 0.0441. The van der Waals surface area contributed by atoms with Gasteiger partial charge in [0, 0.05) is 11.8 Å². The lowest BCUT2D eigenvalue weighted by Crippen LogP contribution is -2.41. The predicted octanol–water partition coefficient (Wildman–Crippen LogP) is 1.11. The molecule has 5 heteroatoms. The van der Waals surface area contributed by atoms with Gasteiger partial charge in [0.1, 0.15) is 0 Å². The highest BCUT2D eigenvalue weighted by Crippen LogP contribution is 2.32. The summed E-state index contributed by atoms with van der Waals surface area (Å²) in [6.07, 6.45) is 3.24. The Bertz CT molecular complexity index is 289. The van der Waals surface area contributed by atoms with Crippen molar-refractivity contribution in [1.29, 1.82) is 0 Å². The van der Waals surface area contributed by atoms with Crippen LogP contribution < -0.4 is 5.32 Å². The van der Waals surface area contributed by atoms with Gasteiger partial charge in [-0.25, -0.2) is 0 Å². The number of carbonyl (C=O) groups is 2. The van der Waals surface area contributed by atoms with Gasteiger partial charge in [-0.2, -0.15) is 11.8 Å². The molecule has 1 unspecified atom stereocenters. The Morgan fingerprint density at radius 3 is 2.56 bits per heavy atom. The summed E-state index contributed by atoms with van der Waals surface area (Å²) in [5.74, 6) is 0.432. The van der Waals surface area contributed by atoms with Crippen LogP contribution in [0.3, 0.4) is 0 Å². The maximum Gasteiger partial charge on any atom is 0.307 e. The van der Waals surface area contributed by atoms with Gasteiger partial charge < -0.3 is 10.4 Å². The number of carboxylic acids is 1. The number of carboxylic acid groups (broad SMARTS) is 1. The molecule has 0 aromatic rings. The normalized spacial score (nSPS) is 33.9. The summed E-state index contributed by atoms with van der Waals surface area (Å²) in [5.41, 5.74) is 0. The van der Waals surface area contributed by atoms with Crippen molar-refractivity contribution < 1.29 is 14.7 Å². The van der Waals surface area contributed by atoms with Crippen LogP contribution in [0.5, 0.6) is 0 Å². The van der Waals surface area contributed by atoms with Crippen LogP contribution in [0.25, 0.3) is 0 Å². The first-order valence-corrected chi connectivity index (χ1v) is 6.95. The zero-order chi connectivity index (χ0) is 11.5. The van der Waals surface area contributed by atoms with Gasteiger partial charge in [-0.3, -0.25) is 9.59 Å². The second-order valence-corrected chi connectivity index (χ2v) is 5.70. The Morgan fingerprint density at radius 2 is 1.94 bits per heavy atom. The number of amides is 1. The number of hydrogen-bond donors (Lipinski definition) is 2. The van der Waals surface area contributed by atoms with Crippen LogP contribution in [0.15, 0.2) is 0 Å². The van der Waals surface area contributed by atoms with Crippen LogP contribution in [-0.4, -0.2) is 34.5 Å². The molecule has 2 rings (SSSR count). The van der Waals surface area contributed by atoms with Gasteiger partial charge in [-0.05, 0) is 25.0 Å². The topological polar surface area (TPSA) is 66.4 Å². The Balaban J connectivity index is 1.90. The average Bonchev–Trinajstić information content (AvgIpc) is 2.86. The van der Waals surface area contributed by atoms with Gasteiger partial charge in [0.25, 0.3) is 0 Å². The second-order valence-electron chi connectivity index (χ2n) is 4.55. The monoisotopic (exact) mass is 243 g/mol. The van der Waals surface area contributed by atoms with Gasteiger partial charge in [0.05, 0.1) is 11.8 Å². The van der Waals surface area contributed by atoms with Gasteiger partial charge >= 0.3 is 5.97 Å². The molecule has 4 nitrogen and oxygen atoms in total. The smallest absolute Gasteiger partial charge is 0.307 e. The molecule has 90 valence electrons. The van der Waals surface area contributed by atoms with E-state index in [9.17, 15) is 9.59 Å². The predicted molar refractivity (Wildman–Crippen MR) is 62.3 cm³/mol. The standard InChI is InChI=1S/C11H17NO3S/c13-10(12-7-4-5-16-6-7)8-2-1-3-9(8)11(14)15/h7-9H,1-6H2,(H,12,13)(H,14,15)/t7?,8-,9+/m1/s1. The molecule has 0 bridgehead atoms. The van der Waals surface area contributed by atoms with E-state index in [1.165, 1.54) is 0 Å². The number of aliphatic carboxylic acids is 1. The van der Waals surface area contributed by atoms with Crippen LogP contribution in [-0.2, 0) is 9.59 Å². The molecule has 2 aliphatic rings. The van der Waals surface area contributed by atoms with Crippen molar-refractivity contribution in [3.8, 4) is 0 Å². The molecular formula is C11H17NO3S. The van der Waals surface area contributed by atoms with E-state index in [-0.39, 0.29) is 17.9 Å². The Morgan fingerprint density at radius 1 is 1.19 bits per heavy atom. The van der Waals surface area contributed by atoms with Crippen molar-refractivity contribution in [2.75, 3.05) is 11.5 Å². The molecule has 0 radical (unpaired) electrons. The highest BCUT2D eigenvalue weighted by molar-refractivity contribution is 7.99. The van der Waals surface area contributed by atoms with E-state index >= 15 is 0 Å². The Kier molecular flexibility index (Phi) is 3.74. The summed E-state index contributed by atoms with van der Waals surface area (Å²) in [5, 5.41) is 12.0. The van der Waals surface area contributed by atoms with Crippen molar-refractivity contribution in [2.45, 2.75) is 31.7 Å². The molecule has 0 aromatic carbocycles. The largest absolute Gasteiger partial charge is 0.481 e. The van der Waals surface area contributed by atoms with Crippen molar-refractivity contribution in [3.05, 3.63) is 0 Å². The first-order chi connectivity index (χ1) is 7.68. The van der Waals surface area contributed by atoms with E-state index in [1.807, 2.05) is 11.8 Å². The molecule has 1 saturated carbocycles. The molecular weight excluding hydrogens is 226 g/mol. The molecule has 1 saturated heterocycles. The maximum atomic E-state index is 11.9. The first-order valence-electron chi connectivity index (χ1n) is 5.79. The van der Waals surface area contributed by atoms with Crippen molar-refractivity contribution in [2.24, 2.45) is 11.8 Å². The maximum absolute atomic E-state index is 11.9. The Labute approximate surface area is 99.2 Å². The van der Waals surface area contributed by atoms with Crippen molar-refractivity contribution in [1.82, 2.24) is 5.32 Å². The van der Waals surface area contributed by atoms with Crippen LogP contribution >= 0.6 is 11.8 Å². The third-order valence-corrected chi connectivity index (χ3v) is 4.61. The molecule has 16 heavy (non-hydrogen) atoms. The average molecular weight is 243 g/mol. The van der Waals surface area contributed by atoms with Crippen molar-refractivity contribution >= 4 is 23.6 Å². The lowest BCUT2D eigenvalue weighted by Gasteiger charge is -2.18. The highest BCUT2D eigenvalue weighted by Gasteiger charge is 2.38. The van der Waals surface area contributed by atoms with E-state index in [2.05, 4.69) is 5.32 Å². The lowest BCUT2D eigenvalue weighted by atomic mass is 9.95. The summed E-state index contributed by atoms with van der Waals surface area (Å²) < 4.78 is 0. The molecule has 0 aromatic heterocycles. The first kappa shape index (κ1) is 11.8. The summed E-state index contributed by atoms with van der Waals surface area (Å²) in [6, 6.07) is 0.257. The van der Waals surface area contributed by atoms with Gasteiger partial charge in [-0.1, -0.05) is 6.42 Å². The van der Waals surface area contributed by atoms with E-state index in [1.54, 1.807) is 0 Å². The van der Waals surface area contributed by atoms with E-state index in [4.69, 9.17) is 5.11 Å². The minimum atomic E-state index is -0.821. The van der Waals surface area contributed by atoms with Gasteiger partial charge in [0.15, 0.2) is 0 Å². The van der Waals surface area contributed by atoms with Crippen LogP contribution in [0.4, 0.5) is 0 Å². The fourth-order valence-electron chi connectivity index (χ4n) is 2.53. The number of thioether (sulfide) groups is 1. The summed E-state index contributed by atoms with van der Waals surface area (Å²) >= 11 is 1.84. The summed E-state index contributed by atoms with van der Waals surface area (Å²) in [4.78, 5) is 22.9. The SMILES string of the molecule is O=C(O)[C@H]1CCC[C@H]1C(=O)NC1CCSC1. The summed E-state index contributed by atoms with van der Waals surface area (Å²) in [7, 11) is 0. The molecule has 2 N–H and O–H groups in total. The number of rotatable bonds is 3. The van der Waals surface area contributed by atoms with Crippen LogP contribution in [0.1, 0.15) is 25.7 Å². The molecule has 1 aliphatic heterocycles. The van der Waals surface area contributed by atoms with Crippen LogP contribution in [0.2, 0.25) is 0 Å². The van der Waals surface area contributed by atoms with E-state index in [0.717, 1.165) is 30.8 Å². The molecule has 3 atom stereocenters. The van der Waals surface area contributed by atoms with Crippen LogP contribution in [0, 0.1) is 11.8 Å².